The molecule has 43 heavy (non-hydrogen) atoms. The average molecular weight is 678 g/mol. The summed E-state index contributed by atoms with van der Waals surface area (Å²) in [5, 5.41) is 2.66. The van der Waals surface area contributed by atoms with E-state index in [1.807, 2.05) is 42.5 Å². The van der Waals surface area contributed by atoms with Gasteiger partial charge in [-0.1, -0.05) is 69.4 Å². The second kappa shape index (κ2) is 12.1. The predicted octanol–water partition coefficient (Wildman–Crippen LogP) is 5.95. The summed E-state index contributed by atoms with van der Waals surface area (Å²) in [6, 6.07) is 24.2. The molecule has 0 radical (unpaired) electrons. The van der Waals surface area contributed by atoms with Crippen molar-refractivity contribution in [1.29, 1.82) is 0 Å². The van der Waals surface area contributed by atoms with Gasteiger partial charge < -0.3 is 10.2 Å². The second-order valence-electron chi connectivity index (χ2n) is 10.3. The van der Waals surface area contributed by atoms with E-state index in [1.54, 1.807) is 36.4 Å². The molecule has 1 saturated heterocycles. The van der Waals surface area contributed by atoms with Gasteiger partial charge in [-0.2, -0.15) is 0 Å². The lowest BCUT2D eigenvalue weighted by Crippen LogP contribution is -2.33. The summed E-state index contributed by atoms with van der Waals surface area (Å²) in [4.78, 5) is 58.3. The lowest BCUT2D eigenvalue weighted by molar-refractivity contribution is -0.122. The van der Waals surface area contributed by atoms with E-state index in [-0.39, 0.29) is 29.1 Å². The van der Waals surface area contributed by atoms with Crippen molar-refractivity contribution in [2.75, 3.05) is 28.2 Å². The van der Waals surface area contributed by atoms with Crippen molar-refractivity contribution < 1.29 is 14.4 Å². The summed E-state index contributed by atoms with van der Waals surface area (Å²) in [7, 11) is 0. The Morgan fingerprint density at radius 1 is 0.907 bits per heavy atom. The zero-order valence-electron chi connectivity index (χ0n) is 23.5. The number of thiazole rings is 1. The van der Waals surface area contributed by atoms with Crippen LogP contribution >= 0.6 is 39.0 Å². The average Bonchev–Trinajstić information content (AvgIpc) is 3.45. The lowest BCUT2D eigenvalue weighted by atomic mass is 9.83. The van der Waals surface area contributed by atoms with Crippen LogP contribution in [0.2, 0.25) is 0 Å². The molecule has 2 aliphatic rings. The largest absolute Gasteiger partial charge is 0.372 e. The second-order valence-corrected chi connectivity index (χ2v) is 13.4. The molecule has 0 aliphatic carbocycles. The van der Waals surface area contributed by atoms with Crippen molar-refractivity contribution >= 4 is 73.8 Å². The van der Waals surface area contributed by atoms with Crippen LogP contribution in [0.25, 0.3) is 0 Å². The van der Waals surface area contributed by atoms with Crippen LogP contribution < -0.4 is 20.0 Å². The van der Waals surface area contributed by atoms with E-state index in [9.17, 15) is 19.2 Å². The molecule has 3 atom stereocenters. The van der Waals surface area contributed by atoms with Crippen molar-refractivity contribution in [3.8, 4) is 0 Å². The molecular formula is C32H29BrN4O4S2. The van der Waals surface area contributed by atoms with E-state index in [0.29, 0.717) is 21.3 Å². The molecule has 6 rings (SSSR count). The topological polar surface area (TPSA) is 91.7 Å². The van der Waals surface area contributed by atoms with E-state index in [2.05, 4.69) is 40.0 Å². The quantitative estimate of drug-likeness (QED) is 0.232. The Balaban J connectivity index is 1.42. The molecule has 11 heteroatoms. The standard InChI is InChI=1S/C32H29BrN4O4S2/c1-3-35(4-2)22-14-10-19(11-15-22)25-26-27(30(40)37(29(26)39)23-16-12-20(33)13-17-23)42-31-28(25)43-32(41)36(31)18-24(38)34-21-8-6-5-7-9-21/h5-17,25-27H,3-4,18H2,1-2H3,(H,34,38)/t25-,26?,27?/m1/s1. The number of hydrogen-bond donors (Lipinski definition) is 1. The first-order chi connectivity index (χ1) is 20.8. The fourth-order valence-corrected chi connectivity index (χ4v) is 8.84. The van der Waals surface area contributed by atoms with Crippen LogP contribution in [0.4, 0.5) is 17.1 Å². The number of hydrogen-bond acceptors (Lipinski definition) is 7. The first-order valence-corrected chi connectivity index (χ1v) is 16.5. The highest BCUT2D eigenvalue weighted by atomic mass is 79.9. The van der Waals surface area contributed by atoms with Crippen molar-refractivity contribution in [3.05, 3.63) is 103 Å². The first kappa shape index (κ1) is 29.4. The number of nitrogens with zero attached hydrogens (tertiary/aromatic N) is 3. The minimum absolute atomic E-state index is 0.198. The van der Waals surface area contributed by atoms with Crippen LogP contribution in [0.5, 0.6) is 0 Å². The van der Waals surface area contributed by atoms with Gasteiger partial charge in [0, 0.05) is 39.7 Å². The van der Waals surface area contributed by atoms with Crippen LogP contribution in [0.3, 0.4) is 0 Å². The van der Waals surface area contributed by atoms with Crippen molar-refractivity contribution in [1.82, 2.24) is 4.57 Å². The molecule has 0 saturated carbocycles. The van der Waals surface area contributed by atoms with Crippen LogP contribution in [0.15, 0.2) is 93.2 Å². The molecule has 1 aromatic heterocycles. The summed E-state index contributed by atoms with van der Waals surface area (Å²) in [6.45, 7) is 5.71. The van der Waals surface area contributed by atoms with Crippen molar-refractivity contribution in [3.63, 3.8) is 0 Å². The van der Waals surface area contributed by atoms with Crippen LogP contribution in [-0.2, 0) is 20.9 Å². The summed E-state index contributed by atoms with van der Waals surface area (Å²) < 4.78 is 2.28. The lowest BCUT2D eigenvalue weighted by Gasteiger charge is -2.31. The number of aromatic nitrogens is 1. The van der Waals surface area contributed by atoms with Crippen molar-refractivity contribution in [2.24, 2.45) is 5.92 Å². The summed E-state index contributed by atoms with van der Waals surface area (Å²) in [5.74, 6) is -2.17. The number of anilines is 3. The number of imide groups is 1. The number of halogens is 1. The number of nitrogens with one attached hydrogen (secondary N) is 1. The van der Waals surface area contributed by atoms with E-state index in [0.717, 1.165) is 40.1 Å². The normalized spacial score (nSPS) is 19.2. The summed E-state index contributed by atoms with van der Waals surface area (Å²) in [5.41, 5.74) is 3.05. The molecule has 0 spiro atoms. The van der Waals surface area contributed by atoms with Gasteiger partial charge in [0.1, 0.15) is 11.8 Å². The van der Waals surface area contributed by atoms with Gasteiger partial charge in [0.25, 0.3) is 0 Å². The van der Waals surface area contributed by atoms with Crippen LogP contribution in [0, 0.1) is 5.92 Å². The Morgan fingerprint density at radius 3 is 2.23 bits per heavy atom. The Hall–Kier alpha value is -3.67. The summed E-state index contributed by atoms with van der Waals surface area (Å²) in [6.07, 6.45) is 0. The Morgan fingerprint density at radius 2 is 1.58 bits per heavy atom. The zero-order chi connectivity index (χ0) is 30.2. The highest BCUT2D eigenvalue weighted by Crippen LogP contribution is 2.54. The zero-order valence-corrected chi connectivity index (χ0v) is 26.7. The summed E-state index contributed by atoms with van der Waals surface area (Å²) >= 11 is 5.68. The number of thioether (sulfide) groups is 1. The van der Waals surface area contributed by atoms with Crippen molar-refractivity contribution in [2.45, 2.75) is 36.6 Å². The Kier molecular flexibility index (Phi) is 8.30. The van der Waals surface area contributed by atoms with Gasteiger partial charge >= 0.3 is 4.87 Å². The molecule has 4 aromatic rings. The molecule has 1 fully saturated rings. The minimum atomic E-state index is -0.742. The Labute approximate surface area is 265 Å². The van der Waals surface area contributed by atoms with E-state index in [1.165, 1.54) is 21.2 Å². The monoisotopic (exact) mass is 676 g/mol. The van der Waals surface area contributed by atoms with Crippen LogP contribution in [0.1, 0.15) is 30.2 Å². The Bertz CT molecular complexity index is 1730. The minimum Gasteiger partial charge on any atom is -0.372 e. The molecule has 3 heterocycles. The maximum Gasteiger partial charge on any atom is 0.308 e. The smallest absolute Gasteiger partial charge is 0.308 e. The molecular weight excluding hydrogens is 648 g/mol. The van der Waals surface area contributed by atoms with Gasteiger partial charge in [-0.05, 0) is 67.9 Å². The third kappa shape index (κ3) is 5.45. The molecule has 2 aliphatic heterocycles. The molecule has 220 valence electrons. The third-order valence-corrected chi connectivity index (χ3v) is 11.0. The highest BCUT2D eigenvalue weighted by molar-refractivity contribution is 9.10. The molecule has 3 aromatic carbocycles. The number of fused-ring (bicyclic) bond motifs is 2. The van der Waals surface area contributed by atoms with E-state index in [4.69, 9.17) is 0 Å². The number of para-hydroxylation sites is 1. The van der Waals surface area contributed by atoms with E-state index < -0.39 is 17.1 Å². The van der Waals surface area contributed by atoms with Gasteiger partial charge in [-0.3, -0.25) is 23.7 Å². The number of carbonyl (C=O) groups excluding carboxylic acids is 3. The fraction of sp³-hybridized carbons (Fsp3) is 0.250. The molecule has 1 N–H and O–H groups in total. The molecule has 8 nitrogen and oxygen atoms in total. The number of amides is 3. The highest BCUT2D eigenvalue weighted by Gasteiger charge is 2.56. The number of carbonyl (C=O) groups is 3. The van der Waals surface area contributed by atoms with Gasteiger partial charge in [0.15, 0.2) is 0 Å². The SMILES string of the molecule is CCN(CC)c1ccc([C@H]2c3sc(=O)n(CC(=O)Nc4ccccc4)c3SC3C(=O)N(c4ccc(Br)cc4)C(=O)C32)cc1. The molecule has 2 unspecified atom stereocenters. The van der Waals surface area contributed by atoms with Gasteiger partial charge in [-0.25, -0.2) is 4.90 Å². The van der Waals surface area contributed by atoms with E-state index >= 15 is 0 Å². The van der Waals surface area contributed by atoms with Gasteiger partial charge in [0.05, 0.1) is 16.6 Å². The van der Waals surface area contributed by atoms with Gasteiger partial charge in [-0.15, -0.1) is 0 Å². The van der Waals surface area contributed by atoms with Gasteiger partial charge in [0.2, 0.25) is 17.7 Å². The fourth-order valence-electron chi connectivity index (χ4n) is 5.81. The number of benzene rings is 3. The molecule has 0 bridgehead atoms. The molecule has 3 amide bonds. The maximum absolute atomic E-state index is 14.1. The number of rotatable bonds is 8. The first-order valence-electron chi connectivity index (χ1n) is 14.0. The van der Waals surface area contributed by atoms with Crippen LogP contribution in [-0.4, -0.2) is 40.6 Å². The maximum atomic E-state index is 14.1. The predicted molar refractivity (Wildman–Crippen MR) is 175 cm³/mol. The third-order valence-electron chi connectivity index (χ3n) is 7.87.